The fraction of sp³-hybridized carbons (Fsp3) is 0.600. The van der Waals surface area contributed by atoms with Crippen LogP contribution < -0.4 is 14.8 Å². The Morgan fingerprint density at radius 3 is 2.65 bits per heavy atom. The second-order valence-corrected chi connectivity index (χ2v) is 5.86. The van der Waals surface area contributed by atoms with Crippen molar-refractivity contribution in [1.29, 1.82) is 0 Å². The monoisotopic (exact) mass is 343 g/mol. The zero-order valence-corrected chi connectivity index (χ0v) is 13.8. The van der Waals surface area contributed by atoms with Crippen molar-refractivity contribution in [2.75, 3.05) is 21.3 Å². The lowest BCUT2D eigenvalue weighted by Gasteiger charge is -2.20. The molecule has 2 rings (SSSR count). The van der Waals surface area contributed by atoms with Crippen LogP contribution in [-0.4, -0.2) is 33.5 Å². The average molecular weight is 344 g/mol. The van der Waals surface area contributed by atoms with Gasteiger partial charge in [0.25, 0.3) is 0 Å². The van der Waals surface area contributed by atoms with E-state index in [2.05, 4.69) is 27.3 Å². The van der Waals surface area contributed by atoms with E-state index in [0.717, 1.165) is 34.5 Å². The van der Waals surface area contributed by atoms with Crippen LogP contribution in [0.15, 0.2) is 16.6 Å². The third-order valence-corrected chi connectivity index (χ3v) is 4.41. The Hall–Kier alpha value is -0.780. The van der Waals surface area contributed by atoms with Crippen molar-refractivity contribution < 1.29 is 14.2 Å². The van der Waals surface area contributed by atoms with Crippen molar-refractivity contribution in [3.63, 3.8) is 0 Å². The van der Waals surface area contributed by atoms with Crippen LogP contribution in [0, 0.1) is 0 Å². The van der Waals surface area contributed by atoms with Crippen LogP contribution in [0.5, 0.6) is 11.5 Å². The van der Waals surface area contributed by atoms with E-state index in [1.165, 1.54) is 12.8 Å². The summed E-state index contributed by atoms with van der Waals surface area (Å²) in [4.78, 5) is 0. The van der Waals surface area contributed by atoms with E-state index in [9.17, 15) is 0 Å². The standard InChI is InChI=1S/C15H22BrNO3/c1-18-13-6-4-5-12(13)17-9-10-7-11(16)15(20-3)14(8-10)19-2/h7-8,12-13,17H,4-6,9H2,1-3H3. The number of hydrogen-bond acceptors (Lipinski definition) is 4. The van der Waals surface area contributed by atoms with Gasteiger partial charge in [0, 0.05) is 19.7 Å². The van der Waals surface area contributed by atoms with E-state index in [0.29, 0.717) is 12.1 Å². The number of halogens is 1. The molecule has 1 aliphatic carbocycles. The molecular formula is C15H22BrNO3. The van der Waals surface area contributed by atoms with Gasteiger partial charge in [-0.3, -0.25) is 0 Å². The van der Waals surface area contributed by atoms with Gasteiger partial charge >= 0.3 is 0 Å². The summed E-state index contributed by atoms with van der Waals surface area (Å²) in [6, 6.07) is 4.50. The molecule has 112 valence electrons. The van der Waals surface area contributed by atoms with Crippen molar-refractivity contribution in [2.24, 2.45) is 0 Å². The lowest BCUT2D eigenvalue weighted by Crippen LogP contribution is -2.36. The highest BCUT2D eigenvalue weighted by Crippen LogP contribution is 2.36. The van der Waals surface area contributed by atoms with Crippen LogP contribution in [-0.2, 0) is 11.3 Å². The van der Waals surface area contributed by atoms with E-state index in [4.69, 9.17) is 14.2 Å². The molecule has 0 radical (unpaired) electrons. The summed E-state index contributed by atoms with van der Waals surface area (Å²) in [6.45, 7) is 0.795. The largest absolute Gasteiger partial charge is 0.493 e. The molecule has 1 aliphatic rings. The molecular weight excluding hydrogens is 322 g/mol. The molecule has 1 saturated carbocycles. The molecule has 0 heterocycles. The van der Waals surface area contributed by atoms with Crippen LogP contribution >= 0.6 is 15.9 Å². The summed E-state index contributed by atoms with van der Waals surface area (Å²) >= 11 is 3.52. The van der Waals surface area contributed by atoms with Gasteiger partial charge in [0.15, 0.2) is 11.5 Å². The second kappa shape index (κ2) is 7.29. The third kappa shape index (κ3) is 3.45. The summed E-state index contributed by atoms with van der Waals surface area (Å²) in [5, 5.41) is 3.57. The van der Waals surface area contributed by atoms with Gasteiger partial charge in [-0.05, 0) is 52.9 Å². The Labute approximate surface area is 128 Å². The molecule has 0 spiro atoms. The van der Waals surface area contributed by atoms with Crippen molar-refractivity contribution in [1.82, 2.24) is 5.32 Å². The minimum Gasteiger partial charge on any atom is -0.493 e. The Morgan fingerprint density at radius 1 is 1.20 bits per heavy atom. The zero-order valence-electron chi connectivity index (χ0n) is 12.2. The van der Waals surface area contributed by atoms with Gasteiger partial charge < -0.3 is 19.5 Å². The zero-order chi connectivity index (χ0) is 14.5. The molecule has 20 heavy (non-hydrogen) atoms. The minimum absolute atomic E-state index is 0.332. The van der Waals surface area contributed by atoms with E-state index < -0.39 is 0 Å². The maximum Gasteiger partial charge on any atom is 0.174 e. The number of hydrogen-bond donors (Lipinski definition) is 1. The minimum atomic E-state index is 0.332. The van der Waals surface area contributed by atoms with Crippen molar-refractivity contribution in [2.45, 2.75) is 38.0 Å². The fourth-order valence-corrected chi connectivity index (χ4v) is 3.42. The number of methoxy groups -OCH3 is 3. The van der Waals surface area contributed by atoms with Crippen LogP contribution in [0.25, 0.3) is 0 Å². The first-order valence-corrected chi connectivity index (χ1v) is 7.65. The van der Waals surface area contributed by atoms with Gasteiger partial charge in [-0.1, -0.05) is 0 Å². The van der Waals surface area contributed by atoms with Crippen LogP contribution in [0.3, 0.4) is 0 Å². The lowest BCUT2D eigenvalue weighted by molar-refractivity contribution is 0.0847. The summed E-state index contributed by atoms with van der Waals surface area (Å²) in [5.74, 6) is 1.47. The first kappa shape index (κ1) is 15.6. The first-order valence-electron chi connectivity index (χ1n) is 6.86. The van der Waals surface area contributed by atoms with E-state index in [1.807, 2.05) is 6.07 Å². The van der Waals surface area contributed by atoms with Gasteiger partial charge in [-0.25, -0.2) is 0 Å². The molecule has 5 heteroatoms. The smallest absolute Gasteiger partial charge is 0.174 e. The number of rotatable bonds is 6. The van der Waals surface area contributed by atoms with Gasteiger partial charge in [0.1, 0.15) is 0 Å². The van der Waals surface area contributed by atoms with Gasteiger partial charge in [0.2, 0.25) is 0 Å². The maximum atomic E-state index is 5.50. The number of ether oxygens (including phenoxy) is 3. The quantitative estimate of drug-likeness (QED) is 0.861. The molecule has 2 atom stereocenters. The number of nitrogens with one attached hydrogen (secondary N) is 1. The highest BCUT2D eigenvalue weighted by atomic mass is 79.9. The second-order valence-electron chi connectivity index (χ2n) is 5.01. The predicted molar refractivity (Wildman–Crippen MR) is 82.5 cm³/mol. The Balaban J connectivity index is 2.04. The van der Waals surface area contributed by atoms with Crippen molar-refractivity contribution >= 4 is 15.9 Å². The molecule has 0 aromatic heterocycles. The summed E-state index contributed by atoms with van der Waals surface area (Å²) in [5.41, 5.74) is 1.16. The van der Waals surface area contributed by atoms with Gasteiger partial charge in [0.05, 0.1) is 24.8 Å². The van der Waals surface area contributed by atoms with Gasteiger partial charge in [-0.15, -0.1) is 0 Å². The molecule has 1 fully saturated rings. The Bertz CT molecular complexity index is 453. The SMILES string of the molecule is COc1cc(CNC2CCCC2OC)cc(Br)c1OC. The van der Waals surface area contributed by atoms with Crippen LogP contribution in [0.1, 0.15) is 24.8 Å². The van der Waals surface area contributed by atoms with E-state index in [-0.39, 0.29) is 0 Å². The van der Waals surface area contributed by atoms with Crippen molar-refractivity contribution in [3.8, 4) is 11.5 Å². The molecule has 0 aliphatic heterocycles. The van der Waals surface area contributed by atoms with Gasteiger partial charge in [-0.2, -0.15) is 0 Å². The fourth-order valence-electron chi connectivity index (χ4n) is 2.76. The van der Waals surface area contributed by atoms with Crippen molar-refractivity contribution in [3.05, 3.63) is 22.2 Å². The summed E-state index contributed by atoms with van der Waals surface area (Å²) in [7, 11) is 5.08. The summed E-state index contributed by atoms with van der Waals surface area (Å²) in [6.07, 6.45) is 3.88. The van der Waals surface area contributed by atoms with Crippen LogP contribution in [0.4, 0.5) is 0 Å². The van der Waals surface area contributed by atoms with E-state index in [1.54, 1.807) is 21.3 Å². The molecule has 1 N–H and O–H groups in total. The predicted octanol–water partition coefficient (Wildman–Crippen LogP) is 3.12. The molecule has 1 aromatic carbocycles. The highest BCUT2D eigenvalue weighted by molar-refractivity contribution is 9.10. The molecule has 0 saturated heterocycles. The topological polar surface area (TPSA) is 39.7 Å². The summed E-state index contributed by atoms with van der Waals surface area (Å²) < 4.78 is 17.1. The third-order valence-electron chi connectivity index (χ3n) is 3.82. The lowest BCUT2D eigenvalue weighted by atomic mass is 10.1. The Morgan fingerprint density at radius 2 is 2.00 bits per heavy atom. The van der Waals surface area contributed by atoms with Crippen LogP contribution in [0.2, 0.25) is 0 Å². The normalized spacial score (nSPS) is 22.0. The Kier molecular flexibility index (Phi) is 5.69. The highest BCUT2D eigenvalue weighted by Gasteiger charge is 2.26. The molecule has 4 nitrogen and oxygen atoms in total. The average Bonchev–Trinajstić information content (AvgIpc) is 2.91. The number of benzene rings is 1. The molecule has 1 aromatic rings. The maximum absolute atomic E-state index is 5.50. The molecule has 0 amide bonds. The molecule has 0 bridgehead atoms. The first-order chi connectivity index (χ1) is 9.69. The van der Waals surface area contributed by atoms with E-state index >= 15 is 0 Å². The molecule has 2 unspecified atom stereocenters.